The highest BCUT2D eigenvalue weighted by atomic mass is 16.5. The molecule has 1 rings (SSSR count). The first kappa shape index (κ1) is 13.4. The molecule has 5 heteroatoms. The van der Waals surface area contributed by atoms with E-state index < -0.39 is 12.0 Å². The van der Waals surface area contributed by atoms with E-state index >= 15 is 0 Å². The summed E-state index contributed by atoms with van der Waals surface area (Å²) >= 11 is 0. The molecule has 0 saturated heterocycles. The molecular weight excluding hydrogens is 210 g/mol. The summed E-state index contributed by atoms with van der Waals surface area (Å²) in [5.74, 6) is -0.791. The minimum atomic E-state index is -0.791. The number of hydrogen-bond acceptors (Lipinski definition) is 4. The van der Waals surface area contributed by atoms with Crippen molar-refractivity contribution < 1.29 is 19.4 Å². The van der Waals surface area contributed by atoms with Gasteiger partial charge in [-0.05, 0) is 26.2 Å². The number of hydrogen-bond donors (Lipinski definition) is 2. The van der Waals surface area contributed by atoms with Gasteiger partial charge in [-0.2, -0.15) is 0 Å². The van der Waals surface area contributed by atoms with Crippen LogP contribution in [0.25, 0.3) is 0 Å². The van der Waals surface area contributed by atoms with Crippen LogP contribution < -0.4 is 5.32 Å². The second-order valence-corrected chi connectivity index (χ2v) is 3.93. The number of carboxylic acids is 1. The number of carbonyl (C=O) groups is 1. The van der Waals surface area contributed by atoms with Gasteiger partial charge in [0.15, 0.2) is 0 Å². The van der Waals surface area contributed by atoms with Crippen molar-refractivity contribution in [3.63, 3.8) is 0 Å². The molecule has 0 spiro atoms. The third kappa shape index (κ3) is 6.05. The van der Waals surface area contributed by atoms with Crippen LogP contribution in [0.15, 0.2) is 0 Å². The fourth-order valence-electron chi connectivity index (χ4n) is 1.38. The largest absolute Gasteiger partial charge is 0.480 e. The van der Waals surface area contributed by atoms with Gasteiger partial charge in [-0.1, -0.05) is 0 Å². The van der Waals surface area contributed by atoms with E-state index in [1.54, 1.807) is 0 Å². The highest BCUT2D eigenvalue weighted by molar-refractivity contribution is 5.73. The quantitative estimate of drug-likeness (QED) is 0.540. The second-order valence-electron chi connectivity index (χ2n) is 3.93. The number of rotatable bonds is 10. The Bertz CT molecular complexity index is 206. The predicted molar refractivity (Wildman–Crippen MR) is 59.5 cm³/mol. The average molecular weight is 231 g/mol. The van der Waals surface area contributed by atoms with Crippen LogP contribution in [0.4, 0.5) is 0 Å². The molecule has 2 N–H and O–H groups in total. The Labute approximate surface area is 96.1 Å². The molecule has 0 aromatic carbocycles. The maximum Gasteiger partial charge on any atom is 0.320 e. The lowest BCUT2D eigenvalue weighted by atomic mass is 10.2. The lowest BCUT2D eigenvalue weighted by Gasteiger charge is -2.13. The third-order valence-corrected chi connectivity index (χ3v) is 2.44. The van der Waals surface area contributed by atoms with Crippen LogP contribution in [-0.4, -0.2) is 49.6 Å². The molecule has 1 aliphatic rings. The summed E-state index contributed by atoms with van der Waals surface area (Å²) in [6.07, 6.45) is 2.70. The van der Waals surface area contributed by atoms with E-state index in [1.165, 1.54) is 0 Å². The summed E-state index contributed by atoms with van der Waals surface area (Å²) in [7, 11) is 0. The topological polar surface area (TPSA) is 67.8 Å². The van der Waals surface area contributed by atoms with Gasteiger partial charge in [0.1, 0.15) is 6.04 Å². The van der Waals surface area contributed by atoms with Crippen LogP contribution in [0.2, 0.25) is 0 Å². The zero-order chi connectivity index (χ0) is 11.8. The van der Waals surface area contributed by atoms with Crippen LogP contribution >= 0.6 is 0 Å². The predicted octanol–water partition coefficient (Wildman–Crippen LogP) is 0.635. The maximum absolute atomic E-state index is 10.9. The molecule has 0 radical (unpaired) electrons. The maximum atomic E-state index is 10.9. The zero-order valence-electron chi connectivity index (χ0n) is 9.78. The van der Waals surface area contributed by atoms with Crippen molar-refractivity contribution in [2.45, 2.75) is 38.3 Å². The minimum Gasteiger partial charge on any atom is -0.480 e. The first-order valence-corrected chi connectivity index (χ1v) is 5.88. The van der Waals surface area contributed by atoms with Crippen molar-refractivity contribution in [2.75, 3.05) is 26.4 Å². The SMILES string of the molecule is CCOCCOCCC(NC1CC1)C(=O)O. The van der Waals surface area contributed by atoms with Crippen molar-refractivity contribution in [3.8, 4) is 0 Å². The summed E-state index contributed by atoms with van der Waals surface area (Å²) in [6.45, 7) is 4.18. The molecule has 0 aromatic rings. The minimum absolute atomic E-state index is 0.407. The first-order valence-electron chi connectivity index (χ1n) is 5.88. The van der Waals surface area contributed by atoms with Gasteiger partial charge in [-0.3, -0.25) is 4.79 Å². The van der Waals surface area contributed by atoms with Crippen LogP contribution in [-0.2, 0) is 14.3 Å². The molecule has 0 bridgehead atoms. The fourth-order valence-corrected chi connectivity index (χ4v) is 1.38. The van der Waals surface area contributed by atoms with E-state index in [4.69, 9.17) is 14.6 Å². The number of aliphatic carboxylic acids is 1. The molecule has 16 heavy (non-hydrogen) atoms. The van der Waals surface area contributed by atoms with Gasteiger partial charge in [0.05, 0.1) is 13.2 Å². The summed E-state index contributed by atoms with van der Waals surface area (Å²) in [4.78, 5) is 10.9. The van der Waals surface area contributed by atoms with Crippen molar-refractivity contribution in [1.82, 2.24) is 5.32 Å². The Morgan fingerprint density at radius 1 is 1.38 bits per heavy atom. The van der Waals surface area contributed by atoms with Crippen LogP contribution in [0, 0.1) is 0 Å². The standard InChI is InChI=1S/C11H21NO4/c1-2-15-7-8-16-6-5-10(11(13)14)12-9-3-4-9/h9-10,12H,2-8H2,1H3,(H,13,14). The third-order valence-electron chi connectivity index (χ3n) is 2.44. The van der Waals surface area contributed by atoms with Crippen molar-refractivity contribution in [3.05, 3.63) is 0 Å². The molecule has 1 saturated carbocycles. The Morgan fingerprint density at radius 2 is 2.06 bits per heavy atom. The monoisotopic (exact) mass is 231 g/mol. The molecule has 0 amide bonds. The Hall–Kier alpha value is -0.650. The molecule has 1 unspecified atom stereocenters. The highest BCUT2D eigenvalue weighted by Crippen LogP contribution is 2.19. The van der Waals surface area contributed by atoms with E-state index in [1.807, 2.05) is 6.92 Å². The van der Waals surface area contributed by atoms with Gasteiger partial charge in [0.25, 0.3) is 0 Å². The Kier molecular flexibility index (Phi) is 6.37. The van der Waals surface area contributed by atoms with Crippen LogP contribution in [0.3, 0.4) is 0 Å². The van der Waals surface area contributed by atoms with E-state index in [-0.39, 0.29) is 0 Å². The van der Waals surface area contributed by atoms with Crippen molar-refractivity contribution in [1.29, 1.82) is 0 Å². The number of carboxylic acid groups (broad SMARTS) is 1. The van der Waals surface area contributed by atoms with Gasteiger partial charge in [-0.25, -0.2) is 0 Å². The first-order chi connectivity index (χ1) is 7.74. The van der Waals surface area contributed by atoms with Crippen molar-refractivity contribution in [2.24, 2.45) is 0 Å². The van der Waals surface area contributed by atoms with E-state index in [0.29, 0.717) is 38.9 Å². The van der Waals surface area contributed by atoms with Crippen LogP contribution in [0.5, 0.6) is 0 Å². The molecule has 1 fully saturated rings. The summed E-state index contributed by atoms with van der Waals surface area (Å²) in [5, 5.41) is 12.0. The molecule has 5 nitrogen and oxygen atoms in total. The molecule has 0 aliphatic heterocycles. The van der Waals surface area contributed by atoms with Gasteiger partial charge in [-0.15, -0.1) is 0 Å². The number of nitrogens with one attached hydrogen (secondary N) is 1. The zero-order valence-corrected chi connectivity index (χ0v) is 9.78. The molecular formula is C11H21NO4. The summed E-state index contributed by atoms with van der Waals surface area (Å²) < 4.78 is 10.4. The lowest BCUT2D eigenvalue weighted by Crippen LogP contribution is -2.39. The van der Waals surface area contributed by atoms with Gasteiger partial charge >= 0.3 is 5.97 Å². The van der Waals surface area contributed by atoms with Crippen molar-refractivity contribution >= 4 is 5.97 Å². The summed E-state index contributed by atoms with van der Waals surface area (Å²) in [5.41, 5.74) is 0. The lowest BCUT2D eigenvalue weighted by molar-refractivity contribution is -0.140. The molecule has 94 valence electrons. The Morgan fingerprint density at radius 3 is 2.62 bits per heavy atom. The van der Waals surface area contributed by atoms with Gasteiger partial charge in [0.2, 0.25) is 0 Å². The molecule has 0 aromatic heterocycles. The second kappa shape index (κ2) is 7.60. The van der Waals surface area contributed by atoms with Gasteiger partial charge in [0, 0.05) is 19.3 Å². The highest BCUT2D eigenvalue weighted by Gasteiger charge is 2.27. The van der Waals surface area contributed by atoms with E-state index in [2.05, 4.69) is 5.32 Å². The Balaban J connectivity index is 2.00. The molecule has 0 heterocycles. The normalized spacial score (nSPS) is 17.3. The van der Waals surface area contributed by atoms with E-state index in [0.717, 1.165) is 12.8 Å². The fraction of sp³-hybridized carbons (Fsp3) is 0.909. The van der Waals surface area contributed by atoms with E-state index in [9.17, 15) is 4.79 Å². The molecule has 1 atom stereocenters. The number of ether oxygens (including phenoxy) is 2. The molecule has 1 aliphatic carbocycles. The smallest absolute Gasteiger partial charge is 0.320 e. The van der Waals surface area contributed by atoms with Gasteiger partial charge < -0.3 is 19.9 Å². The average Bonchev–Trinajstić information content (AvgIpc) is 3.05. The van der Waals surface area contributed by atoms with Crippen LogP contribution in [0.1, 0.15) is 26.2 Å². The summed E-state index contributed by atoms with van der Waals surface area (Å²) in [6, 6.07) is -0.0656.